The van der Waals surface area contributed by atoms with E-state index in [0.717, 1.165) is 5.56 Å². The predicted octanol–water partition coefficient (Wildman–Crippen LogP) is 2.50. The predicted molar refractivity (Wildman–Crippen MR) is 95.3 cm³/mol. The van der Waals surface area contributed by atoms with Crippen molar-refractivity contribution in [3.05, 3.63) is 59.7 Å². The van der Waals surface area contributed by atoms with Crippen LogP contribution in [0.2, 0.25) is 0 Å². The van der Waals surface area contributed by atoms with Crippen LogP contribution in [0.1, 0.15) is 37.0 Å². The lowest BCUT2D eigenvalue weighted by atomic mass is 9.83. The van der Waals surface area contributed by atoms with Crippen molar-refractivity contribution < 1.29 is 20.4 Å². The van der Waals surface area contributed by atoms with E-state index in [9.17, 15) is 20.4 Å². The molecule has 2 aromatic rings. The van der Waals surface area contributed by atoms with E-state index >= 15 is 0 Å². The number of aliphatic hydroxyl groups is 2. The Hall–Kier alpha value is -2.08. The minimum absolute atomic E-state index is 0.163. The first-order valence-corrected chi connectivity index (χ1v) is 8.62. The first-order valence-electron chi connectivity index (χ1n) is 8.62. The molecule has 5 heteroatoms. The van der Waals surface area contributed by atoms with Crippen LogP contribution < -0.4 is 0 Å². The van der Waals surface area contributed by atoms with Gasteiger partial charge in [0.2, 0.25) is 0 Å². The zero-order valence-corrected chi connectivity index (χ0v) is 14.3. The largest absolute Gasteiger partial charge is 0.504 e. The number of benzene rings is 2. The third kappa shape index (κ3) is 3.63. The summed E-state index contributed by atoms with van der Waals surface area (Å²) in [6.07, 6.45) is 0.429. The van der Waals surface area contributed by atoms with Gasteiger partial charge in [0.15, 0.2) is 11.5 Å². The van der Waals surface area contributed by atoms with Gasteiger partial charge in [-0.3, -0.25) is 4.90 Å². The second kappa shape index (κ2) is 7.04. The van der Waals surface area contributed by atoms with Crippen molar-refractivity contribution in [2.75, 3.05) is 13.1 Å². The van der Waals surface area contributed by atoms with Gasteiger partial charge in [0, 0.05) is 19.1 Å². The summed E-state index contributed by atoms with van der Waals surface area (Å²) in [6, 6.07) is 13.9. The fraction of sp³-hybridized carbons (Fsp3) is 0.400. The maximum absolute atomic E-state index is 10.9. The van der Waals surface area contributed by atoms with E-state index in [1.165, 1.54) is 12.1 Å². The lowest BCUT2D eigenvalue weighted by Crippen LogP contribution is -2.47. The molecule has 1 fully saturated rings. The topological polar surface area (TPSA) is 84.2 Å². The van der Waals surface area contributed by atoms with Gasteiger partial charge < -0.3 is 20.4 Å². The van der Waals surface area contributed by atoms with Crippen LogP contribution in [0.4, 0.5) is 0 Å². The Kier molecular flexibility index (Phi) is 4.99. The molecule has 0 amide bonds. The minimum atomic E-state index is -0.820. The van der Waals surface area contributed by atoms with Crippen molar-refractivity contribution >= 4 is 0 Å². The highest BCUT2D eigenvalue weighted by atomic mass is 16.3. The molecule has 0 bridgehead atoms. The van der Waals surface area contributed by atoms with Crippen LogP contribution >= 0.6 is 0 Å². The summed E-state index contributed by atoms with van der Waals surface area (Å²) in [5, 5.41) is 40.6. The van der Waals surface area contributed by atoms with Crippen LogP contribution in [0, 0.1) is 0 Å². The lowest BCUT2D eigenvalue weighted by Gasteiger charge is -2.42. The quantitative estimate of drug-likeness (QED) is 0.641. The number of rotatable bonds is 4. The highest BCUT2D eigenvalue weighted by molar-refractivity contribution is 5.41. The smallest absolute Gasteiger partial charge is 0.157 e. The molecule has 5 nitrogen and oxygen atoms in total. The van der Waals surface area contributed by atoms with E-state index < -0.39 is 11.7 Å². The molecule has 1 saturated heterocycles. The van der Waals surface area contributed by atoms with Crippen LogP contribution in [-0.2, 0) is 5.60 Å². The van der Waals surface area contributed by atoms with Gasteiger partial charge in [0.05, 0.1) is 11.7 Å². The number of phenolic OH excluding ortho intramolecular Hbond substituents is 2. The highest BCUT2D eigenvalue weighted by Crippen LogP contribution is 2.35. The van der Waals surface area contributed by atoms with E-state index in [4.69, 9.17) is 0 Å². The summed E-state index contributed by atoms with van der Waals surface area (Å²) in [4.78, 5) is 2.14. The van der Waals surface area contributed by atoms with Crippen molar-refractivity contribution in [3.8, 4) is 11.5 Å². The van der Waals surface area contributed by atoms with Gasteiger partial charge >= 0.3 is 0 Å². The summed E-state index contributed by atoms with van der Waals surface area (Å²) >= 11 is 0. The number of piperidine rings is 1. The summed E-state index contributed by atoms with van der Waals surface area (Å²) in [6.45, 7) is 3.28. The second-order valence-corrected chi connectivity index (χ2v) is 6.87. The molecular weight excluding hydrogens is 318 g/mol. The molecule has 0 radical (unpaired) electrons. The van der Waals surface area contributed by atoms with Gasteiger partial charge in [-0.05, 0) is 43.0 Å². The van der Waals surface area contributed by atoms with Crippen molar-refractivity contribution in [2.45, 2.75) is 37.5 Å². The van der Waals surface area contributed by atoms with E-state index in [0.29, 0.717) is 31.5 Å². The van der Waals surface area contributed by atoms with Gasteiger partial charge in [-0.1, -0.05) is 36.4 Å². The van der Waals surface area contributed by atoms with E-state index in [2.05, 4.69) is 4.90 Å². The average Bonchev–Trinajstić information content (AvgIpc) is 2.64. The van der Waals surface area contributed by atoms with Gasteiger partial charge in [-0.25, -0.2) is 0 Å². The van der Waals surface area contributed by atoms with Gasteiger partial charge in [-0.15, -0.1) is 0 Å². The number of hydrogen-bond donors (Lipinski definition) is 4. The first kappa shape index (κ1) is 17.7. The molecule has 134 valence electrons. The standard InChI is InChI=1S/C20H25NO4/c1-14(19(24)15-7-8-17(22)18(23)13-15)21-11-9-20(25,10-12-21)16-5-3-2-4-6-16/h2-8,13-14,19,22-25H,9-12H2,1H3. The molecule has 0 aliphatic carbocycles. The monoisotopic (exact) mass is 343 g/mol. The molecular formula is C20H25NO4. The van der Waals surface area contributed by atoms with Crippen LogP contribution in [-0.4, -0.2) is 44.5 Å². The Morgan fingerprint density at radius 3 is 2.20 bits per heavy atom. The van der Waals surface area contributed by atoms with Crippen LogP contribution in [0.15, 0.2) is 48.5 Å². The zero-order valence-electron chi connectivity index (χ0n) is 14.3. The van der Waals surface area contributed by atoms with Crippen molar-refractivity contribution in [3.63, 3.8) is 0 Å². The fourth-order valence-corrected chi connectivity index (χ4v) is 3.54. The summed E-state index contributed by atoms with van der Waals surface area (Å²) in [5.74, 6) is -0.435. The van der Waals surface area contributed by atoms with Crippen LogP contribution in [0.3, 0.4) is 0 Å². The Morgan fingerprint density at radius 2 is 1.60 bits per heavy atom. The SMILES string of the molecule is CC(C(O)c1ccc(O)c(O)c1)N1CCC(O)(c2ccccc2)CC1. The molecule has 2 atom stereocenters. The van der Waals surface area contributed by atoms with Crippen LogP contribution in [0.25, 0.3) is 0 Å². The molecule has 1 aliphatic rings. The molecule has 0 saturated carbocycles. The average molecular weight is 343 g/mol. The van der Waals surface area contributed by atoms with E-state index in [1.807, 2.05) is 37.3 Å². The number of aliphatic hydroxyl groups excluding tert-OH is 1. The third-order valence-corrected chi connectivity index (χ3v) is 5.31. The normalized spacial score (nSPS) is 20.1. The molecule has 4 N–H and O–H groups in total. The molecule has 1 aliphatic heterocycles. The zero-order chi connectivity index (χ0) is 18.0. The Labute approximate surface area is 147 Å². The van der Waals surface area contributed by atoms with E-state index in [1.54, 1.807) is 6.07 Å². The molecule has 25 heavy (non-hydrogen) atoms. The molecule has 0 aromatic heterocycles. The minimum Gasteiger partial charge on any atom is -0.504 e. The maximum Gasteiger partial charge on any atom is 0.157 e. The van der Waals surface area contributed by atoms with E-state index in [-0.39, 0.29) is 17.5 Å². The maximum atomic E-state index is 10.9. The van der Waals surface area contributed by atoms with Crippen molar-refractivity contribution in [1.82, 2.24) is 4.90 Å². The summed E-state index contributed by atoms with van der Waals surface area (Å²) in [7, 11) is 0. The van der Waals surface area contributed by atoms with Crippen LogP contribution in [0.5, 0.6) is 11.5 Å². The third-order valence-electron chi connectivity index (χ3n) is 5.31. The second-order valence-electron chi connectivity index (χ2n) is 6.87. The Bertz CT molecular complexity index is 711. The van der Waals surface area contributed by atoms with Gasteiger partial charge in [-0.2, -0.15) is 0 Å². The molecule has 3 rings (SSSR count). The molecule has 2 unspecified atom stereocenters. The highest BCUT2D eigenvalue weighted by Gasteiger charge is 2.36. The Balaban J connectivity index is 1.66. The summed E-state index contributed by atoms with van der Waals surface area (Å²) < 4.78 is 0. The lowest BCUT2D eigenvalue weighted by molar-refractivity contribution is -0.0501. The summed E-state index contributed by atoms with van der Waals surface area (Å²) in [5.41, 5.74) is 0.678. The van der Waals surface area contributed by atoms with Gasteiger partial charge in [0.1, 0.15) is 0 Å². The van der Waals surface area contributed by atoms with Crippen molar-refractivity contribution in [2.24, 2.45) is 0 Å². The van der Waals surface area contributed by atoms with Gasteiger partial charge in [0.25, 0.3) is 0 Å². The number of hydrogen-bond acceptors (Lipinski definition) is 5. The number of phenols is 2. The number of likely N-dealkylation sites (tertiary alicyclic amines) is 1. The molecule has 0 spiro atoms. The number of nitrogens with zero attached hydrogens (tertiary/aromatic N) is 1. The molecule has 1 heterocycles. The fourth-order valence-electron chi connectivity index (χ4n) is 3.54. The number of aromatic hydroxyl groups is 2. The van der Waals surface area contributed by atoms with Crippen molar-refractivity contribution in [1.29, 1.82) is 0 Å². The molecule has 2 aromatic carbocycles. The first-order chi connectivity index (χ1) is 11.9. The Morgan fingerprint density at radius 1 is 0.960 bits per heavy atom.